The Bertz CT molecular complexity index is 61.1. The van der Waals surface area contributed by atoms with Crippen LogP contribution in [0.4, 0.5) is 4.20 Å². The minimum Gasteiger partial charge on any atom is -0.786 e. The van der Waals surface area contributed by atoms with Gasteiger partial charge in [0.1, 0.15) is 7.91 Å². The van der Waals surface area contributed by atoms with Gasteiger partial charge in [-0.15, -0.1) is 0 Å². The Morgan fingerprint density at radius 1 is 1.43 bits per heavy atom. The van der Waals surface area contributed by atoms with Crippen molar-refractivity contribution in [3.8, 4) is 0 Å². The molecule has 0 radical (unpaired) electrons. The summed E-state index contributed by atoms with van der Waals surface area (Å²) in [6, 6.07) is 0. The van der Waals surface area contributed by atoms with E-state index in [2.05, 4.69) is 0 Å². The van der Waals surface area contributed by atoms with Crippen molar-refractivity contribution in [1.82, 2.24) is 0 Å². The number of halogens is 1. The predicted molar refractivity (Wildman–Crippen MR) is 8.71 cm³/mol. The van der Waals surface area contributed by atoms with Gasteiger partial charge in [-0.2, -0.15) is 0 Å². The summed E-state index contributed by atoms with van der Waals surface area (Å²) < 4.78 is 18.6. The van der Waals surface area contributed by atoms with E-state index in [0.717, 1.165) is 0 Å². The van der Waals surface area contributed by atoms with E-state index in [4.69, 9.17) is 14.4 Å². The third-order valence-electron chi connectivity index (χ3n) is 0. The minimum absolute atomic E-state index is 0. The Hall–Kier alpha value is 2.24. The van der Waals surface area contributed by atoms with E-state index in [-0.39, 0.29) is 68.5 Å². The Morgan fingerprint density at radius 3 is 1.43 bits per heavy atom. The maximum atomic E-state index is 10.1. The van der Waals surface area contributed by atoms with Crippen molar-refractivity contribution in [1.29, 1.82) is 0 Å². The van der Waals surface area contributed by atoms with Crippen molar-refractivity contribution >= 4 is 7.91 Å². The van der Waals surface area contributed by atoms with Crippen LogP contribution in [0.2, 0.25) is 0 Å². The molecule has 0 aromatic heterocycles. The van der Waals surface area contributed by atoms with Crippen LogP contribution in [0.5, 0.6) is 0 Å². The quantitative estimate of drug-likeness (QED) is 0.294. The third kappa shape index (κ3) is 64.1. The van der Waals surface area contributed by atoms with Crippen molar-refractivity contribution < 1.29 is 87.0 Å². The molecule has 0 aromatic rings. The second kappa shape index (κ2) is 6.36. The molecule has 0 unspecified atom stereocenters. The largest absolute Gasteiger partial charge is 1.00 e. The Morgan fingerprint density at radius 2 is 1.43 bits per heavy atom. The molecule has 0 spiro atoms. The zero-order valence-corrected chi connectivity index (χ0v) is 8.31. The number of hydrogen-bond acceptors (Lipinski definition) is 3. The molecule has 3 nitrogen and oxygen atoms in total. The number of hydrogen-bond donors (Lipinski definition) is 0. The van der Waals surface area contributed by atoms with Crippen LogP contribution in [0.1, 0.15) is 0 Å². The first-order chi connectivity index (χ1) is 2.00. The monoisotopic (exact) mass is 200 g/mol. The van der Waals surface area contributed by atoms with Gasteiger partial charge in [0, 0.05) is 0 Å². The SMILES string of the molecule is O=P([O-])([O-])F.[Cu+].[K+]. The maximum absolute atomic E-state index is 10.1. The first-order valence-corrected chi connectivity index (χ1v) is 2.15. The summed E-state index contributed by atoms with van der Waals surface area (Å²) in [6.07, 6.45) is 0. The van der Waals surface area contributed by atoms with Crippen LogP contribution in [0.25, 0.3) is 0 Å². The second-order valence-corrected chi connectivity index (χ2v) is 1.29. The zero-order valence-electron chi connectivity index (χ0n) is 3.35. The zero-order chi connectivity index (χ0) is 4.50. The van der Waals surface area contributed by atoms with Crippen molar-refractivity contribution in [2.75, 3.05) is 0 Å². The third-order valence-corrected chi connectivity index (χ3v) is 0. The van der Waals surface area contributed by atoms with Gasteiger partial charge in [0.25, 0.3) is 0 Å². The summed E-state index contributed by atoms with van der Waals surface area (Å²) in [4.78, 5) is 16.9. The summed E-state index contributed by atoms with van der Waals surface area (Å²) in [5.74, 6) is 0. The van der Waals surface area contributed by atoms with Crippen LogP contribution in [-0.2, 0) is 21.6 Å². The minimum atomic E-state index is -5.64. The second-order valence-electron chi connectivity index (χ2n) is 0.431. The van der Waals surface area contributed by atoms with Gasteiger partial charge < -0.3 is 14.4 Å². The van der Waals surface area contributed by atoms with E-state index < -0.39 is 7.91 Å². The summed E-state index contributed by atoms with van der Waals surface area (Å²) in [5, 5.41) is 0. The molecule has 7 heteroatoms. The van der Waals surface area contributed by atoms with Gasteiger partial charge >= 0.3 is 68.5 Å². The Labute approximate surface area is 93.2 Å². The van der Waals surface area contributed by atoms with E-state index in [0.29, 0.717) is 0 Å². The first kappa shape index (κ1) is 16.1. The van der Waals surface area contributed by atoms with Crippen LogP contribution < -0.4 is 61.2 Å². The van der Waals surface area contributed by atoms with Crippen LogP contribution in [0.15, 0.2) is 0 Å². The molecule has 0 bridgehead atoms. The van der Waals surface area contributed by atoms with Gasteiger partial charge in [0.15, 0.2) is 0 Å². The average Bonchev–Trinajstić information content (AvgIpc) is 0.722. The Balaban J connectivity index is -0.0000000800. The van der Waals surface area contributed by atoms with Crippen LogP contribution >= 0.6 is 7.91 Å². The molecule has 0 fully saturated rings. The molecule has 0 aliphatic rings. The molecule has 7 heavy (non-hydrogen) atoms. The summed E-state index contributed by atoms with van der Waals surface area (Å²) in [6.45, 7) is 0. The van der Waals surface area contributed by atoms with Gasteiger partial charge in [-0.3, -0.25) is 0 Å². The van der Waals surface area contributed by atoms with Crippen LogP contribution in [0.3, 0.4) is 0 Å². The molecular formula is CuFKO3P. The summed E-state index contributed by atoms with van der Waals surface area (Å²) >= 11 is 0. The first-order valence-electron chi connectivity index (χ1n) is 0.717. The van der Waals surface area contributed by atoms with Crippen molar-refractivity contribution in [3.63, 3.8) is 0 Å². The number of rotatable bonds is 0. The van der Waals surface area contributed by atoms with Crippen molar-refractivity contribution in [2.24, 2.45) is 0 Å². The molecule has 0 N–H and O–H groups in total. The van der Waals surface area contributed by atoms with Gasteiger partial charge in [-0.1, -0.05) is 0 Å². The standard InChI is InChI=1S/Cu.FH2O3P.K/c;1-5(2,3)4;/h;(H2,2,3,4);/q+1;;+1/p-2. The fourth-order valence-corrected chi connectivity index (χ4v) is 0. The Kier molecular flexibility index (Phi) is 14.6. The van der Waals surface area contributed by atoms with Gasteiger partial charge in [-0.25, -0.2) is 4.20 Å². The predicted octanol–water partition coefficient (Wildman–Crippen LogP) is -4.21. The van der Waals surface area contributed by atoms with E-state index in [1.54, 1.807) is 0 Å². The van der Waals surface area contributed by atoms with Crippen molar-refractivity contribution in [2.45, 2.75) is 0 Å². The van der Waals surface area contributed by atoms with Gasteiger partial charge in [0.05, 0.1) is 0 Å². The molecule has 0 aliphatic heterocycles. The topological polar surface area (TPSA) is 63.2 Å². The molecule has 0 amide bonds. The molecular weight excluding hydrogens is 201 g/mol. The molecule has 0 rings (SSSR count). The van der Waals surface area contributed by atoms with Gasteiger partial charge in [0.2, 0.25) is 0 Å². The smallest absolute Gasteiger partial charge is 0.786 e. The fourth-order valence-electron chi connectivity index (χ4n) is 0. The van der Waals surface area contributed by atoms with Gasteiger partial charge in [-0.05, 0) is 0 Å². The average molecular weight is 201 g/mol. The maximum Gasteiger partial charge on any atom is 1.00 e. The molecule has 0 aromatic carbocycles. The van der Waals surface area contributed by atoms with Crippen molar-refractivity contribution in [3.05, 3.63) is 0 Å². The van der Waals surface area contributed by atoms with Crippen LogP contribution in [0, 0.1) is 0 Å². The van der Waals surface area contributed by atoms with E-state index in [1.807, 2.05) is 0 Å². The fraction of sp³-hybridized carbons (Fsp3) is 0. The molecule has 0 atom stereocenters. The molecule has 0 heterocycles. The molecule has 0 saturated carbocycles. The molecule has 42 valence electrons. The molecule has 0 aliphatic carbocycles. The molecule has 0 saturated heterocycles. The summed E-state index contributed by atoms with van der Waals surface area (Å²) in [7, 11) is -5.64. The van der Waals surface area contributed by atoms with E-state index in [9.17, 15) is 4.20 Å². The summed E-state index contributed by atoms with van der Waals surface area (Å²) in [5.41, 5.74) is 0. The van der Waals surface area contributed by atoms with E-state index >= 15 is 0 Å². The normalized spacial score (nSPS) is 8.43. The van der Waals surface area contributed by atoms with E-state index in [1.165, 1.54) is 0 Å². The van der Waals surface area contributed by atoms with Crippen LogP contribution in [-0.4, -0.2) is 0 Å².